The van der Waals surface area contributed by atoms with Crippen molar-refractivity contribution in [1.29, 1.82) is 0 Å². The van der Waals surface area contributed by atoms with Crippen molar-refractivity contribution >= 4 is 17.6 Å². The van der Waals surface area contributed by atoms with Crippen LogP contribution in [0.2, 0.25) is 0 Å². The number of fused-ring (bicyclic) bond motifs is 3. The molecule has 0 radical (unpaired) electrons. The highest BCUT2D eigenvalue weighted by Gasteiger charge is 2.46. The second-order valence-corrected chi connectivity index (χ2v) is 9.70. The van der Waals surface area contributed by atoms with E-state index >= 15 is 0 Å². The smallest absolute Gasteiger partial charge is 0.319 e. The minimum Gasteiger partial charge on any atom is -0.487 e. The summed E-state index contributed by atoms with van der Waals surface area (Å²) < 4.78 is 12.2. The predicted octanol–water partition coefficient (Wildman–Crippen LogP) is 3.45. The van der Waals surface area contributed by atoms with Gasteiger partial charge in [0.25, 0.3) is 0 Å². The van der Waals surface area contributed by atoms with Gasteiger partial charge in [0.2, 0.25) is 5.91 Å². The second-order valence-electron chi connectivity index (χ2n) is 9.70. The van der Waals surface area contributed by atoms with Gasteiger partial charge in [-0.25, -0.2) is 4.79 Å². The fourth-order valence-corrected chi connectivity index (χ4v) is 5.47. The number of hydrogen-bond acceptors (Lipinski definition) is 5. The molecule has 8 nitrogen and oxygen atoms in total. The Kier molecular flexibility index (Phi) is 7.20. The van der Waals surface area contributed by atoms with Gasteiger partial charge in [-0.2, -0.15) is 0 Å². The van der Waals surface area contributed by atoms with Crippen LogP contribution < -0.4 is 20.7 Å². The van der Waals surface area contributed by atoms with Crippen molar-refractivity contribution < 1.29 is 24.2 Å². The number of rotatable bonds is 7. The van der Waals surface area contributed by atoms with Gasteiger partial charge >= 0.3 is 6.03 Å². The summed E-state index contributed by atoms with van der Waals surface area (Å²) in [4.78, 5) is 25.0. The molecule has 0 spiro atoms. The molecule has 186 valence electrons. The second kappa shape index (κ2) is 10.7. The molecule has 3 aliphatic rings. The summed E-state index contributed by atoms with van der Waals surface area (Å²) in [6, 6.07) is 15.4. The number of benzene rings is 2. The summed E-state index contributed by atoms with van der Waals surface area (Å²) in [6.07, 6.45) is 4.01. The molecular formula is C27H33N3O5. The molecule has 1 aliphatic carbocycles. The molecule has 35 heavy (non-hydrogen) atoms. The Labute approximate surface area is 205 Å². The molecule has 2 fully saturated rings. The molecule has 2 aromatic carbocycles. The van der Waals surface area contributed by atoms with E-state index in [0.29, 0.717) is 18.7 Å². The van der Waals surface area contributed by atoms with Gasteiger partial charge in [0.05, 0.1) is 19.1 Å². The number of amides is 3. The summed E-state index contributed by atoms with van der Waals surface area (Å²) in [5.74, 6) is 0.618. The van der Waals surface area contributed by atoms with Crippen molar-refractivity contribution in [3.05, 3.63) is 59.7 Å². The number of ether oxygens (including phenoxy) is 2. The highest BCUT2D eigenvalue weighted by Crippen LogP contribution is 2.47. The van der Waals surface area contributed by atoms with Gasteiger partial charge in [0.1, 0.15) is 18.0 Å². The van der Waals surface area contributed by atoms with Crippen molar-refractivity contribution in [3.63, 3.8) is 0 Å². The SMILES string of the molecule is O=C(C[C@@H]1C[C@H]2c3cc(NC(=O)NC4CCCC4)ccc3O[C@H]2[C@H](CO)O1)NCc1ccccc1. The summed E-state index contributed by atoms with van der Waals surface area (Å²) >= 11 is 0. The van der Waals surface area contributed by atoms with E-state index in [0.717, 1.165) is 42.6 Å². The summed E-state index contributed by atoms with van der Waals surface area (Å²) in [5.41, 5.74) is 2.71. The van der Waals surface area contributed by atoms with Crippen LogP contribution >= 0.6 is 0 Å². The fraction of sp³-hybridized carbons (Fsp3) is 0.481. The molecule has 2 aromatic rings. The van der Waals surface area contributed by atoms with Gasteiger partial charge in [-0.3, -0.25) is 4.79 Å². The van der Waals surface area contributed by atoms with Crippen LogP contribution in [0.3, 0.4) is 0 Å². The number of carbonyl (C=O) groups excluding carboxylic acids is 2. The number of anilines is 1. The van der Waals surface area contributed by atoms with Crippen LogP contribution in [0.1, 0.15) is 55.6 Å². The Morgan fingerprint density at radius 3 is 2.63 bits per heavy atom. The van der Waals surface area contributed by atoms with Crippen LogP contribution in [0, 0.1) is 0 Å². The topological polar surface area (TPSA) is 109 Å². The normalized spacial score (nSPS) is 25.3. The third-order valence-corrected chi connectivity index (χ3v) is 7.19. The molecule has 0 aromatic heterocycles. The van der Waals surface area contributed by atoms with E-state index in [2.05, 4.69) is 16.0 Å². The maximum atomic E-state index is 12.6. The molecule has 8 heteroatoms. The third kappa shape index (κ3) is 5.60. The Morgan fingerprint density at radius 1 is 1.06 bits per heavy atom. The number of urea groups is 1. The number of carbonyl (C=O) groups is 2. The molecule has 1 saturated carbocycles. The maximum absolute atomic E-state index is 12.6. The van der Waals surface area contributed by atoms with Crippen LogP contribution in [-0.2, 0) is 16.1 Å². The first-order valence-electron chi connectivity index (χ1n) is 12.5. The molecule has 1 saturated heterocycles. The Hall–Kier alpha value is -3.10. The molecule has 4 N–H and O–H groups in total. The quantitative estimate of drug-likeness (QED) is 0.486. The highest BCUT2D eigenvalue weighted by molar-refractivity contribution is 5.89. The first-order valence-corrected chi connectivity index (χ1v) is 12.5. The van der Waals surface area contributed by atoms with Gasteiger partial charge in [0, 0.05) is 29.8 Å². The van der Waals surface area contributed by atoms with E-state index < -0.39 is 6.10 Å². The van der Waals surface area contributed by atoms with Crippen molar-refractivity contribution in [2.75, 3.05) is 11.9 Å². The summed E-state index contributed by atoms with van der Waals surface area (Å²) in [7, 11) is 0. The first kappa shape index (κ1) is 23.6. The molecule has 2 aliphatic heterocycles. The maximum Gasteiger partial charge on any atom is 0.319 e. The van der Waals surface area contributed by atoms with Gasteiger partial charge < -0.3 is 30.5 Å². The average Bonchev–Trinajstić information content (AvgIpc) is 3.50. The first-order chi connectivity index (χ1) is 17.1. The zero-order valence-electron chi connectivity index (χ0n) is 19.7. The highest BCUT2D eigenvalue weighted by atomic mass is 16.6. The molecular weight excluding hydrogens is 446 g/mol. The van der Waals surface area contributed by atoms with E-state index in [4.69, 9.17) is 9.47 Å². The molecule has 0 unspecified atom stereocenters. The molecule has 0 bridgehead atoms. The van der Waals surface area contributed by atoms with Crippen LogP contribution in [0.4, 0.5) is 10.5 Å². The van der Waals surface area contributed by atoms with E-state index in [-0.39, 0.29) is 49.1 Å². The monoisotopic (exact) mass is 479 g/mol. The van der Waals surface area contributed by atoms with E-state index in [1.165, 1.54) is 0 Å². The lowest BCUT2D eigenvalue weighted by molar-refractivity contribution is -0.142. The van der Waals surface area contributed by atoms with Crippen molar-refractivity contribution in [3.8, 4) is 5.75 Å². The summed E-state index contributed by atoms with van der Waals surface area (Å²) in [6.45, 7) is 0.276. The predicted molar refractivity (Wildman–Crippen MR) is 131 cm³/mol. The van der Waals surface area contributed by atoms with E-state index in [9.17, 15) is 14.7 Å². The molecule has 3 amide bonds. The zero-order chi connectivity index (χ0) is 24.2. The van der Waals surface area contributed by atoms with E-state index in [1.54, 1.807) is 0 Å². The van der Waals surface area contributed by atoms with Crippen LogP contribution in [0.25, 0.3) is 0 Å². The van der Waals surface area contributed by atoms with Crippen LogP contribution in [0.15, 0.2) is 48.5 Å². The largest absolute Gasteiger partial charge is 0.487 e. The van der Waals surface area contributed by atoms with Crippen molar-refractivity contribution in [2.45, 2.75) is 75.3 Å². The van der Waals surface area contributed by atoms with Crippen LogP contribution in [0.5, 0.6) is 5.75 Å². The molecule has 4 atom stereocenters. The minimum atomic E-state index is -0.518. The number of aliphatic hydroxyl groups is 1. The lowest BCUT2D eigenvalue weighted by Gasteiger charge is -2.37. The lowest BCUT2D eigenvalue weighted by atomic mass is 9.84. The summed E-state index contributed by atoms with van der Waals surface area (Å²) in [5, 5.41) is 18.9. The Bertz CT molecular complexity index is 1040. The lowest BCUT2D eigenvalue weighted by Crippen LogP contribution is -2.47. The van der Waals surface area contributed by atoms with Crippen molar-refractivity contribution in [1.82, 2.24) is 10.6 Å². The van der Waals surface area contributed by atoms with Gasteiger partial charge in [0.15, 0.2) is 0 Å². The number of nitrogens with one attached hydrogen (secondary N) is 3. The minimum absolute atomic E-state index is 0.0255. The average molecular weight is 480 g/mol. The number of hydrogen-bond donors (Lipinski definition) is 4. The zero-order valence-corrected chi connectivity index (χ0v) is 19.7. The Morgan fingerprint density at radius 2 is 1.86 bits per heavy atom. The third-order valence-electron chi connectivity index (χ3n) is 7.19. The van der Waals surface area contributed by atoms with Gasteiger partial charge in [-0.15, -0.1) is 0 Å². The fourth-order valence-electron chi connectivity index (χ4n) is 5.47. The molecule has 2 heterocycles. The standard InChI is InChI=1S/C27H33N3O5/c31-16-24-26-22(13-20(34-24)14-25(32)28-15-17-6-2-1-3-7-17)21-12-19(10-11-23(21)35-26)30-27(33)29-18-8-4-5-9-18/h1-3,6-7,10-12,18,20,22,24,26,31H,4-5,8-9,13-16H2,(H,28,32)(H2,29,30,33)/t20-,22-,24-,26+/m0/s1. The molecule has 5 rings (SSSR count). The number of aliphatic hydroxyl groups excluding tert-OH is 1. The van der Waals surface area contributed by atoms with Crippen LogP contribution in [-0.4, -0.2) is 48.0 Å². The Balaban J connectivity index is 1.22. The van der Waals surface area contributed by atoms with E-state index in [1.807, 2.05) is 48.5 Å². The van der Waals surface area contributed by atoms with Gasteiger partial charge in [-0.05, 0) is 43.0 Å². The van der Waals surface area contributed by atoms with Crippen molar-refractivity contribution in [2.24, 2.45) is 0 Å². The van der Waals surface area contributed by atoms with Gasteiger partial charge in [-0.1, -0.05) is 43.2 Å².